The Morgan fingerprint density at radius 1 is 1.32 bits per heavy atom. The molecule has 1 saturated carbocycles. The monoisotopic (exact) mass is 280 g/mol. The lowest BCUT2D eigenvalue weighted by Gasteiger charge is -2.23. The van der Waals surface area contributed by atoms with Gasteiger partial charge >= 0.3 is 0 Å². The van der Waals surface area contributed by atoms with Crippen molar-refractivity contribution in [3.8, 4) is 5.75 Å². The third-order valence-electron chi connectivity index (χ3n) is 2.99. The minimum atomic E-state index is 0.180. The Balaban J connectivity index is 1.93. The van der Waals surface area contributed by atoms with Gasteiger partial charge < -0.3 is 4.74 Å². The van der Waals surface area contributed by atoms with Crippen LogP contribution >= 0.6 is 11.8 Å². The van der Waals surface area contributed by atoms with E-state index in [1.807, 2.05) is 23.9 Å². The van der Waals surface area contributed by atoms with Crippen molar-refractivity contribution < 1.29 is 4.74 Å². The summed E-state index contributed by atoms with van der Waals surface area (Å²) in [6, 6.07) is 8.47. The van der Waals surface area contributed by atoms with Gasteiger partial charge in [-0.05, 0) is 30.5 Å². The van der Waals surface area contributed by atoms with Crippen molar-refractivity contribution in [1.29, 1.82) is 0 Å². The van der Waals surface area contributed by atoms with Crippen LogP contribution in [-0.2, 0) is 0 Å². The molecule has 106 valence electrons. The summed E-state index contributed by atoms with van der Waals surface area (Å²) in [7, 11) is 0. The summed E-state index contributed by atoms with van der Waals surface area (Å²) in [5, 5.41) is 0. The first-order valence-corrected chi connectivity index (χ1v) is 7.83. The van der Waals surface area contributed by atoms with Crippen molar-refractivity contribution in [3.63, 3.8) is 0 Å². The molecule has 1 aliphatic carbocycles. The van der Waals surface area contributed by atoms with Gasteiger partial charge in [-0.15, -0.1) is 0 Å². The number of benzene rings is 1. The van der Waals surface area contributed by atoms with Gasteiger partial charge in [0.2, 0.25) is 0 Å². The van der Waals surface area contributed by atoms with Crippen molar-refractivity contribution in [2.24, 2.45) is 5.84 Å². The lowest BCUT2D eigenvalue weighted by Crippen LogP contribution is -2.30. The average Bonchev–Trinajstić information content (AvgIpc) is 3.14. The van der Waals surface area contributed by atoms with Gasteiger partial charge in [0.1, 0.15) is 5.75 Å². The van der Waals surface area contributed by atoms with Crippen LogP contribution in [0.15, 0.2) is 24.3 Å². The predicted octanol–water partition coefficient (Wildman–Crippen LogP) is 3.26. The first kappa shape index (κ1) is 14.7. The molecule has 0 bridgehead atoms. The lowest BCUT2D eigenvalue weighted by atomic mass is 10.1. The molecule has 1 atom stereocenters. The molecule has 0 saturated heterocycles. The molecule has 2 rings (SSSR count). The maximum atomic E-state index is 5.75. The molecule has 1 unspecified atom stereocenters. The normalized spacial score (nSPS) is 17.3. The zero-order chi connectivity index (χ0) is 13.9. The number of ether oxygens (including phenoxy) is 1. The Bertz CT molecular complexity index is 396. The second-order valence-corrected chi connectivity index (χ2v) is 7.88. The van der Waals surface area contributed by atoms with E-state index in [9.17, 15) is 0 Å². The zero-order valence-electron chi connectivity index (χ0n) is 12.0. The standard InChI is InChI=1S/C15H24N2OS/c1-15(2,3)19-10-14(17-16)11-4-6-12(7-5-11)18-13-8-9-13/h4-7,13-14,17H,8-10,16H2,1-3H3. The molecule has 0 amide bonds. The second kappa shape index (κ2) is 6.16. The van der Waals surface area contributed by atoms with Crippen LogP contribution in [0.25, 0.3) is 0 Å². The average molecular weight is 280 g/mol. The largest absolute Gasteiger partial charge is 0.490 e. The third kappa shape index (κ3) is 5.05. The fourth-order valence-electron chi connectivity index (χ4n) is 1.73. The summed E-state index contributed by atoms with van der Waals surface area (Å²) in [5.41, 5.74) is 4.11. The maximum absolute atomic E-state index is 5.75. The first-order chi connectivity index (χ1) is 8.98. The lowest BCUT2D eigenvalue weighted by molar-refractivity contribution is 0.303. The van der Waals surface area contributed by atoms with E-state index in [1.54, 1.807) is 0 Å². The highest BCUT2D eigenvalue weighted by Crippen LogP contribution is 2.30. The van der Waals surface area contributed by atoms with E-state index in [4.69, 9.17) is 10.6 Å². The van der Waals surface area contributed by atoms with Crippen molar-refractivity contribution in [2.45, 2.75) is 50.5 Å². The second-order valence-electron chi connectivity index (χ2n) is 6.03. The van der Waals surface area contributed by atoms with E-state index in [2.05, 4.69) is 38.3 Å². The van der Waals surface area contributed by atoms with Gasteiger partial charge in [0.15, 0.2) is 0 Å². The van der Waals surface area contributed by atoms with Crippen molar-refractivity contribution in [1.82, 2.24) is 5.43 Å². The number of hydrogen-bond donors (Lipinski definition) is 2. The molecule has 1 fully saturated rings. The highest BCUT2D eigenvalue weighted by atomic mass is 32.2. The van der Waals surface area contributed by atoms with E-state index in [1.165, 1.54) is 18.4 Å². The molecule has 0 radical (unpaired) electrons. The third-order valence-corrected chi connectivity index (χ3v) is 4.36. The van der Waals surface area contributed by atoms with Crippen LogP contribution in [0.5, 0.6) is 5.75 Å². The number of hydrazine groups is 1. The molecule has 3 nitrogen and oxygen atoms in total. The topological polar surface area (TPSA) is 47.3 Å². The Labute approximate surface area is 120 Å². The Kier molecular flexibility index (Phi) is 4.76. The van der Waals surface area contributed by atoms with Gasteiger partial charge in [0.05, 0.1) is 12.1 Å². The molecule has 0 spiro atoms. The van der Waals surface area contributed by atoms with Crippen LogP contribution in [0.4, 0.5) is 0 Å². The van der Waals surface area contributed by atoms with Crippen LogP contribution in [-0.4, -0.2) is 16.6 Å². The number of rotatable bonds is 6. The van der Waals surface area contributed by atoms with Crippen LogP contribution < -0.4 is 16.0 Å². The van der Waals surface area contributed by atoms with Crippen molar-refractivity contribution in [2.75, 3.05) is 5.75 Å². The Morgan fingerprint density at radius 3 is 2.42 bits per heavy atom. The Morgan fingerprint density at radius 2 is 1.95 bits per heavy atom. The highest BCUT2D eigenvalue weighted by Gasteiger charge is 2.23. The maximum Gasteiger partial charge on any atom is 0.119 e. The van der Waals surface area contributed by atoms with Gasteiger partial charge in [-0.2, -0.15) is 11.8 Å². The number of nitrogens with one attached hydrogen (secondary N) is 1. The molecule has 1 aromatic rings. The van der Waals surface area contributed by atoms with Crippen LogP contribution in [0.3, 0.4) is 0 Å². The van der Waals surface area contributed by atoms with Crippen molar-refractivity contribution in [3.05, 3.63) is 29.8 Å². The van der Waals surface area contributed by atoms with Gasteiger partial charge in [-0.3, -0.25) is 11.3 Å². The van der Waals surface area contributed by atoms with E-state index < -0.39 is 0 Å². The number of thioether (sulfide) groups is 1. The number of hydrogen-bond acceptors (Lipinski definition) is 4. The Hall–Kier alpha value is -0.710. The highest BCUT2D eigenvalue weighted by molar-refractivity contribution is 8.00. The van der Waals surface area contributed by atoms with E-state index >= 15 is 0 Å². The fourth-order valence-corrected chi connectivity index (χ4v) is 2.69. The molecular formula is C15H24N2OS. The summed E-state index contributed by atoms with van der Waals surface area (Å²) < 4.78 is 6.01. The van der Waals surface area contributed by atoms with Gasteiger partial charge in [-0.1, -0.05) is 32.9 Å². The molecule has 0 aromatic heterocycles. The molecule has 0 aliphatic heterocycles. The minimum absolute atomic E-state index is 0.180. The van der Waals surface area contributed by atoms with Gasteiger partial charge in [0.25, 0.3) is 0 Å². The van der Waals surface area contributed by atoms with Crippen molar-refractivity contribution >= 4 is 11.8 Å². The summed E-state index contributed by atoms with van der Waals surface area (Å²) in [4.78, 5) is 0. The molecule has 3 N–H and O–H groups in total. The first-order valence-electron chi connectivity index (χ1n) is 6.84. The quantitative estimate of drug-likeness (QED) is 0.620. The van der Waals surface area contributed by atoms with E-state index in [0.717, 1.165) is 11.5 Å². The molecule has 0 heterocycles. The number of nitrogens with two attached hydrogens (primary N) is 1. The molecule has 19 heavy (non-hydrogen) atoms. The fraction of sp³-hybridized carbons (Fsp3) is 0.600. The van der Waals surface area contributed by atoms with Crippen LogP contribution in [0.1, 0.15) is 45.2 Å². The summed E-state index contributed by atoms with van der Waals surface area (Å²) in [5.74, 6) is 7.59. The summed E-state index contributed by atoms with van der Waals surface area (Å²) in [6.45, 7) is 6.66. The van der Waals surface area contributed by atoms with Gasteiger partial charge in [0, 0.05) is 10.5 Å². The zero-order valence-corrected chi connectivity index (χ0v) is 12.8. The van der Waals surface area contributed by atoms with Gasteiger partial charge in [-0.25, -0.2) is 0 Å². The molecule has 1 aliphatic rings. The molecular weight excluding hydrogens is 256 g/mol. The van der Waals surface area contributed by atoms with Crippen LogP contribution in [0.2, 0.25) is 0 Å². The predicted molar refractivity (Wildman–Crippen MR) is 82.4 cm³/mol. The smallest absolute Gasteiger partial charge is 0.119 e. The van der Waals surface area contributed by atoms with E-state index in [0.29, 0.717) is 6.10 Å². The minimum Gasteiger partial charge on any atom is -0.490 e. The molecule has 4 heteroatoms. The van der Waals surface area contributed by atoms with Crippen LogP contribution in [0, 0.1) is 0 Å². The SMILES string of the molecule is CC(C)(C)SCC(NN)c1ccc(OC2CC2)cc1. The molecule has 1 aromatic carbocycles. The van der Waals surface area contributed by atoms with E-state index in [-0.39, 0.29) is 10.8 Å². The summed E-state index contributed by atoms with van der Waals surface area (Å²) in [6.07, 6.45) is 2.83. The summed E-state index contributed by atoms with van der Waals surface area (Å²) >= 11 is 1.91.